The van der Waals surface area contributed by atoms with Crippen LogP contribution in [0.25, 0.3) is 0 Å². The van der Waals surface area contributed by atoms with Gasteiger partial charge in [0, 0.05) is 0 Å². The lowest BCUT2D eigenvalue weighted by Gasteiger charge is -2.57. The summed E-state index contributed by atoms with van der Waals surface area (Å²) < 4.78 is 6.14. The molecule has 24 heavy (non-hydrogen) atoms. The van der Waals surface area contributed by atoms with Gasteiger partial charge in [0.2, 0.25) is 0 Å². The zero-order valence-electron chi connectivity index (χ0n) is 14.7. The van der Waals surface area contributed by atoms with Gasteiger partial charge in [-0.25, -0.2) is 0 Å². The summed E-state index contributed by atoms with van der Waals surface area (Å²) in [5.74, 6) is 3.57. The Morgan fingerprint density at radius 2 is 1.71 bits per heavy atom. The zero-order valence-corrected chi connectivity index (χ0v) is 14.7. The van der Waals surface area contributed by atoms with Crippen LogP contribution >= 0.6 is 0 Å². The predicted octanol–water partition coefficient (Wildman–Crippen LogP) is 3.01. The normalized spacial score (nSPS) is 33.7. The van der Waals surface area contributed by atoms with E-state index in [2.05, 4.69) is 6.92 Å². The first kappa shape index (κ1) is 16.5. The number of unbranched alkanes of at least 4 members (excludes halogenated alkanes) is 1. The summed E-state index contributed by atoms with van der Waals surface area (Å²) in [5, 5.41) is 19.3. The molecule has 1 aromatic carbocycles. The van der Waals surface area contributed by atoms with Gasteiger partial charge in [-0.15, -0.1) is 0 Å². The minimum Gasteiger partial charge on any atom is -0.493 e. The van der Waals surface area contributed by atoms with Crippen LogP contribution in [0.5, 0.6) is 5.75 Å². The fourth-order valence-corrected chi connectivity index (χ4v) is 6.02. The summed E-state index contributed by atoms with van der Waals surface area (Å²) in [5.41, 5.74) is 2.06. The van der Waals surface area contributed by atoms with Crippen molar-refractivity contribution in [2.24, 2.45) is 17.8 Å². The number of hydrogen-bond acceptors (Lipinski definition) is 3. The van der Waals surface area contributed by atoms with Crippen molar-refractivity contribution in [2.45, 2.75) is 63.7 Å². The molecule has 0 unspecified atom stereocenters. The topological polar surface area (TPSA) is 49.7 Å². The summed E-state index contributed by atoms with van der Waals surface area (Å²) in [6.45, 7) is 2.92. The lowest BCUT2D eigenvalue weighted by atomic mass is 9.47. The molecule has 0 radical (unpaired) electrons. The molecule has 0 atom stereocenters. The van der Waals surface area contributed by atoms with Crippen LogP contribution in [0.3, 0.4) is 0 Å². The van der Waals surface area contributed by atoms with Crippen LogP contribution in [0.15, 0.2) is 18.2 Å². The lowest BCUT2D eigenvalue weighted by molar-refractivity contribution is -0.00636. The smallest absolute Gasteiger partial charge is 0.488 e. The highest BCUT2D eigenvalue weighted by Crippen LogP contribution is 2.61. The maximum atomic E-state index is 9.65. The Balaban J connectivity index is 1.70. The van der Waals surface area contributed by atoms with Gasteiger partial charge in [-0.2, -0.15) is 0 Å². The van der Waals surface area contributed by atoms with E-state index in [0.29, 0.717) is 5.46 Å². The fourth-order valence-electron chi connectivity index (χ4n) is 6.02. The number of benzene rings is 1. The molecule has 4 aliphatic rings. The van der Waals surface area contributed by atoms with Crippen molar-refractivity contribution in [3.63, 3.8) is 0 Å². The summed E-state index contributed by atoms with van der Waals surface area (Å²) in [6, 6.07) is 5.80. The molecular formula is C20H29BO3. The summed E-state index contributed by atoms with van der Waals surface area (Å²) in [4.78, 5) is 0. The Bertz CT molecular complexity index is 563. The minimum atomic E-state index is -1.40. The Kier molecular flexibility index (Phi) is 4.38. The maximum absolute atomic E-state index is 9.65. The molecule has 0 heterocycles. The van der Waals surface area contributed by atoms with Crippen LogP contribution in [-0.4, -0.2) is 23.8 Å². The van der Waals surface area contributed by atoms with Gasteiger partial charge in [-0.1, -0.05) is 25.5 Å². The third-order valence-corrected chi connectivity index (χ3v) is 6.67. The molecule has 0 aromatic heterocycles. The van der Waals surface area contributed by atoms with E-state index in [4.69, 9.17) is 4.74 Å². The second-order valence-electron chi connectivity index (χ2n) is 8.53. The van der Waals surface area contributed by atoms with Crippen molar-refractivity contribution in [2.75, 3.05) is 6.61 Å². The van der Waals surface area contributed by atoms with E-state index in [1.54, 1.807) is 6.07 Å². The SMILES string of the molecule is CCCCOc1ccc(B(O)O)cc1C12CC3CC(CC(C3)C1)C2. The number of hydrogen-bond donors (Lipinski definition) is 2. The maximum Gasteiger partial charge on any atom is 0.488 e. The molecule has 0 amide bonds. The van der Waals surface area contributed by atoms with Crippen LogP contribution in [0.1, 0.15) is 63.9 Å². The van der Waals surface area contributed by atoms with E-state index in [1.165, 1.54) is 44.1 Å². The van der Waals surface area contributed by atoms with E-state index in [-0.39, 0.29) is 5.41 Å². The Morgan fingerprint density at radius 1 is 1.08 bits per heavy atom. The molecule has 5 rings (SSSR count). The second-order valence-corrected chi connectivity index (χ2v) is 8.53. The molecule has 0 aliphatic heterocycles. The van der Waals surface area contributed by atoms with Crippen LogP contribution in [0, 0.1) is 17.8 Å². The quantitative estimate of drug-likeness (QED) is 0.623. The van der Waals surface area contributed by atoms with Crippen molar-refractivity contribution in [3.05, 3.63) is 23.8 Å². The van der Waals surface area contributed by atoms with Gasteiger partial charge in [-0.05, 0) is 85.2 Å². The van der Waals surface area contributed by atoms with E-state index in [0.717, 1.165) is 43.0 Å². The molecule has 2 N–H and O–H groups in total. The molecule has 4 fully saturated rings. The van der Waals surface area contributed by atoms with Crippen LogP contribution in [0.2, 0.25) is 0 Å². The Morgan fingerprint density at radius 3 is 2.25 bits per heavy atom. The zero-order chi connectivity index (χ0) is 16.7. The summed E-state index contributed by atoms with van der Waals surface area (Å²) in [7, 11) is -1.40. The number of ether oxygens (including phenoxy) is 1. The average molecular weight is 328 g/mol. The van der Waals surface area contributed by atoms with Crippen molar-refractivity contribution in [1.29, 1.82) is 0 Å². The third-order valence-electron chi connectivity index (χ3n) is 6.67. The monoisotopic (exact) mass is 328 g/mol. The summed E-state index contributed by atoms with van der Waals surface area (Å²) >= 11 is 0. The van der Waals surface area contributed by atoms with E-state index >= 15 is 0 Å². The van der Waals surface area contributed by atoms with Gasteiger partial charge in [0.05, 0.1) is 6.61 Å². The van der Waals surface area contributed by atoms with Crippen LogP contribution in [-0.2, 0) is 5.41 Å². The predicted molar refractivity (Wildman–Crippen MR) is 96.5 cm³/mol. The van der Waals surface area contributed by atoms with Crippen molar-refractivity contribution >= 4 is 12.6 Å². The van der Waals surface area contributed by atoms with Gasteiger partial charge in [0.1, 0.15) is 5.75 Å². The van der Waals surface area contributed by atoms with Gasteiger partial charge in [0.15, 0.2) is 0 Å². The second kappa shape index (κ2) is 6.38. The molecule has 4 aliphatic carbocycles. The molecule has 130 valence electrons. The molecule has 0 spiro atoms. The first-order valence-electron chi connectivity index (χ1n) is 9.73. The largest absolute Gasteiger partial charge is 0.493 e. The van der Waals surface area contributed by atoms with E-state index in [9.17, 15) is 10.0 Å². The van der Waals surface area contributed by atoms with Gasteiger partial charge < -0.3 is 14.8 Å². The Hall–Kier alpha value is -0.995. The Labute approximate surface area is 145 Å². The van der Waals surface area contributed by atoms with Gasteiger partial charge >= 0.3 is 7.12 Å². The first-order chi connectivity index (χ1) is 11.6. The standard InChI is InChI=1S/C20H29BO3/c1-2-3-6-24-19-5-4-17(21(22)23)10-18(19)20-11-14-7-15(12-20)9-16(8-14)13-20/h4-5,10,14-16,22-23H,2-3,6-9,11-13H2,1H3. The van der Waals surface area contributed by atoms with E-state index < -0.39 is 7.12 Å². The minimum absolute atomic E-state index is 0.210. The van der Waals surface area contributed by atoms with E-state index in [1.807, 2.05) is 12.1 Å². The molecule has 4 saturated carbocycles. The van der Waals surface area contributed by atoms with Crippen LogP contribution in [0.4, 0.5) is 0 Å². The third kappa shape index (κ3) is 2.88. The molecule has 3 nitrogen and oxygen atoms in total. The molecule has 4 bridgehead atoms. The van der Waals surface area contributed by atoms with Crippen molar-refractivity contribution in [3.8, 4) is 5.75 Å². The van der Waals surface area contributed by atoms with Crippen molar-refractivity contribution in [1.82, 2.24) is 0 Å². The molecule has 1 aromatic rings. The first-order valence-corrected chi connectivity index (χ1v) is 9.73. The fraction of sp³-hybridized carbons (Fsp3) is 0.700. The van der Waals surface area contributed by atoms with Crippen LogP contribution < -0.4 is 10.2 Å². The molecule has 0 saturated heterocycles. The van der Waals surface area contributed by atoms with Crippen molar-refractivity contribution < 1.29 is 14.8 Å². The highest BCUT2D eigenvalue weighted by atomic mass is 16.5. The van der Waals surface area contributed by atoms with Gasteiger partial charge in [-0.3, -0.25) is 0 Å². The number of rotatable bonds is 6. The molecular weight excluding hydrogens is 299 g/mol. The highest BCUT2D eigenvalue weighted by Gasteiger charge is 2.52. The molecule has 4 heteroatoms. The lowest BCUT2D eigenvalue weighted by Crippen LogP contribution is -2.49. The van der Waals surface area contributed by atoms with Gasteiger partial charge in [0.25, 0.3) is 0 Å². The summed E-state index contributed by atoms with van der Waals surface area (Å²) in [6.07, 6.45) is 10.2. The average Bonchev–Trinajstić information content (AvgIpc) is 2.54. The highest BCUT2D eigenvalue weighted by molar-refractivity contribution is 6.58.